The third-order valence-corrected chi connectivity index (χ3v) is 3.69. The molecule has 2 nitrogen and oxygen atoms in total. The van der Waals surface area contributed by atoms with Crippen molar-refractivity contribution in [1.29, 1.82) is 0 Å². The van der Waals surface area contributed by atoms with Gasteiger partial charge in [0.1, 0.15) is 0 Å². The molecule has 2 heteroatoms. The van der Waals surface area contributed by atoms with Gasteiger partial charge in [-0.05, 0) is 44.7 Å². The number of hydrogen-bond donors (Lipinski definition) is 1. The molecule has 1 fully saturated rings. The lowest BCUT2D eigenvalue weighted by atomic mass is 10.0. The molecular formula is C13H28N2. The maximum atomic E-state index is 5.55. The van der Waals surface area contributed by atoms with Crippen LogP contribution in [0.3, 0.4) is 0 Å². The summed E-state index contributed by atoms with van der Waals surface area (Å²) in [5, 5.41) is 0. The van der Waals surface area contributed by atoms with E-state index >= 15 is 0 Å². The average molecular weight is 212 g/mol. The van der Waals surface area contributed by atoms with Crippen molar-refractivity contribution < 1.29 is 0 Å². The molecule has 0 bridgehead atoms. The van der Waals surface area contributed by atoms with E-state index in [2.05, 4.69) is 18.7 Å². The SMILES string of the molecule is CCN(CC(C)CCCN)C1CCCC1. The fourth-order valence-corrected chi connectivity index (χ4v) is 2.76. The van der Waals surface area contributed by atoms with Gasteiger partial charge in [0.05, 0.1) is 0 Å². The summed E-state index contributed by atoms with van der Waals surface area (Å²) in [4.78, 5) is 2.69. The molecule has 1 unspecified atom stereocenters. The Labute approximate surface area is 95.2 Å². The molecule has 15 heavy (non-hydrogen) atoms. The number of nitrogens with zero attached hydrogens (tertiary/aromatic N) is 1. The molecule has 0 radical (unpaired) electrons. The lowest BCUT2D eigenvalue weighted by Gasteiger charge is -2.30. The molecule has 1 atom stereocenters. The van der Waals surface area contributed by atoms with Gasteiger partial charge < -0.3 is 10.6 Å². The average Bonchev–Trinajstić information content (AvgIpc) is 2.76. The van der Waals surface area contributed by atoms with E-state index in [9.17, 15) is 0 Å². The molecule has 90 valence electrons. The Bertz CT molecular complexity index is 153. The van der Waals surface area contributed by atoms with Crippen molar-refractivity contribution in [3.05, 3.63) is 0 Å². The standard InChI is InChI=1S/C13H28N2/c1-3-15(13-8-4-5-9-13)11-12(2)7-6-10-14/h12-13H,3-11,14H2,1-2H3. The van der Waals surface area contributed by atoms with E-state index in [4.69, 9.17) is 5.73 Å². The second kappa shape index (κ2) is 7.24. The summed E-state index contributed by atoms with van der Waals surface area (Å²) >= 11 is 0. The summed E-state index contributed by atoms with van der Waals surface area (Å²) in [5.41, 5.74) is 5.55. The predicted molar refractivity (Wildman–Crippen MR) is 67.0 cm³/mol. The van der Waals surface area contributed by atoms with E-state index < -0.39 is 0 Å². The Morgan fingerprint density at radius 1 is 1.33 bits per heavy atom. The summed E-state index contributed by atoms with van der Waals surface area (Å²) in [6, 6.07) is 0.885. The van der Waals surface area contributed by atoms with Crippen LogP contribution in [0, 0.1) is 5.92 Å². The van der Waals surface area contributed by atoms with Crippen LogP contribution in [0.5, 0.6) is 0 Å². The van der Waals surface area contributed by atoms with E-state index in [0.717, 1.165) is 18.5 Å². The highest BCUT2D eigenvalue weighted by atomic mass is 15.2. The molecule has 0 aromatic carbocycles. The van der Waals surface area contributed by atoms with Gasteiger partial charge in [0.25, 0.3) is 0 Å². The van der Waals surface area contributed by atoms with Crippen molar-refractivity contribution in [3.63, 3.8) is 0 Å². The minimum absolute atomic E-state index is 0.814. The first-order valence-electron chi connectivity index (χ1n) is 6.72. The molecule has 0 amide bonds. The minimum Gasteiger partial charge on any atom is -0.330 e. The highest BCUT2D eigenvalue weighted by molar-refractivity contribution is 4.77. The minimum atomic E-state index is 0.814. The summed E-state index contributed by atoms with van der Waals surface area (Å²) in [5.74, 6) is 0.814. The van der Waals surface area contributed by atoms with Crippen molar-refractivity contribution in [1.82, 2.24) is 4.90 Å². The highest BCUT2D eigenvalue weighted by Gasteiger charge is 2.22. The van der Waals surface area contributed by atoms with Crippen LogP contribution in [-0.2, 0) is 0 Å². The van der Waals surface area contributed by atoms with E-state index in [1.165, 1.54) is 51.6 Å². The first-order chi connectivity index (χ1) is 7.27. The Kier molecular flexibility index (Phi) is 6.26. The molecule has 1 aliphatic carbocycles. The molecule has 2 N–H and O–H groups in total. The summed E-state index contributed by atoms with van der Waals surface area (Å²) in [7, 11) is 0. The van der Waals surface area contributed by atoms with Crippen molar-refractivity contribution >= 4 is 0 Å². The molecule has 0 spiro atoms. The topological polar surface area (TPSA) is 29.3 Å². The van der Waals surface area contributed by atoms with Gasteiger partial charge in [-0.1, -0.05) is 26.7 Å². The zero-order chi connectivity index (χ0) is 11.1. The maximum absolute atomic E-state index is 5.55. The maximum Gasteiger partial charge on any atom is 0.00952 e. The Hall–Kier alpha value is -0.0800. The molecule has 1 rings (SSSR count). The van der Waals surface area contributed by atoms with Gasteiger partial charge in [-0.2, -0.15) is 0 Å². The number of rotatable bonds is 7. The van der Waals surface area contributed by atoms with Crippen LogP contribution in [0.1, 0.15) is 52.4 Å². The molecule has 1 aliphatic rings. The monoisotopic (exact) mass is 212 g/mol. The lowest BCUT2D eigenvalue weighted by Crippen LogP contribution is -2.36. The first kappa shape index (κ1) is 13.0. The second-order valence-corrected chi connectivity index (χ2v) is 5.06. The molecular weight excluding hydrogens is 184 g/mol. The summed E-state index contributed by atoms with van der Waals surface area (Å²) in [6.07, 6.45) is 8.22. The van der Waals surface area contributed by atoms with Crippen molar-refractivity contribution in [3.8, 4) is 0 Å². The molecule has 0 heterocycles. The quantitative estimate of drug-likeness (QED) is 0.703. The van der Waals surface area contributed by atoms with Gasteiger partial charge >= 0.3 is 0 Å². The van der Waals surface area contributed by atoms with Gasteiger partial charge in [-0.25, -0.2) is 0 Å². The number of nitrogens with two attached hydrogens (primary N) is 1. The first-order valence-corrected chi connectivity index (χ1v) is 6.72. The Morgan fingerprint density at radius 3 is 2.53 bits per heavy atom. The summed E-state index contributed by atoms with van der Waals surface area (Å²) in [6.45, 7) is 8.01. The molecule has 1 saturated carbocycles. The molecule has 0 aromatic rings. The third kappa shape index (κ3) is 4.52. The zero-order valence-electron chi connectivity index (χ0n) is 10.5. The third-order valence-electron chi connectivity index (χ3n) is 3.69. The van der Waals surface area contributed by atoms with Crippen molar-refractivity contribution in [2.24, 2.45) is 11.7 Å². The van der Waals surface area contributed by atoms with E-state index in [1.807, 2.05) is 0 Å². The fourth-order valence-electron chi connectivity index (χ4n) is 2.76. The van der Waals surface area contributed by atoms with Crippen molar-refractivity contribution in [2.75, 3.05) is 19.6 Å². The van der Waals surface area contributed by atoms with Crippen LogP contribution in [-0.4, -0.2) is 30.6 Å². The predicted octanol–water partition coefficient (Wildman–Crippen LogP) is 2.63. The Morgan fingerprint density at radius 2 is 2.00 bits per heavy atom. The van der Waals surface area contributed by atoms with Gasteiger partial charge in [0.15, 0.2) is 0 Å². The van der Waals surface area contributed by atoms with Crippen LogP contribution >= 0.6 is 0 Å². The van der Waals surface area contributed by atoms with E-state index in [-0.39, 0.29) is 0 Å². The number of hydrogen-bond acceptors (Lipinski definition) is 2. The van der Waals surface area contributed by atoms with E-state index in [0.29, 0.717) is 0 Å². The Balaban J connectivity index is 2.25. The normalized spacial score (nSPS) is 20.0. The molecule has 0 aliphatic heterocycles. The zero-order valence-corrected chi connectivity index (χ0v) is 10.5. The second-order valence-electron chi connectivity index (χ2n) is 5.06. The van der Waals surface area contributed by atoms with E-state index in [1.54, 1.807) is 0 Å². The van der Waals surface area contributed by atoms with Crippen LogP contribution in [0.2, 0.25) is 0 Å². The lowest BCUT2D eigenvalue weighted by molar-refractivity contribution is 0.177. The van der Waals surface area contributed by atoms with Gasteiger partial charge in [0.2, 0.25) is 0 Å². The van der Waals surface area contributed by atoms with Gasteiger partial charge in [0, 0.05) is 12.6 Å². The van der Waals surface area contributed by atoms with Crippen molar-refractivity contribution in [2.45, 2.75) is 58.4 Å². The van der Waals surface area contributed by atoms with Gasteiger partial charge in [-0.15, -0.1) is 0 Å². The van der Waals surface area contributed by atoms with Gasteiger partial charge in [-0.3, -0.25) is 0 Å². The highest BCUT2D eigenvalue weighted by Crippen LogP contribution is 2.24. The molecule has 0 aromatic heterocycles. The smallest absolute Gasteiger partial charge is 0.00952 e. The van der Waals surface area contributed by atoms with Crippen LogP contribution in [0.15, 0.2) is 0 Å². The summed E-state index contributed by atoms with van der Waals surface area (Å²) < 4.78 is 0. The molecule has 0 saturated heterocycles. The van der Waals surface area contributed by atoms with Crippen LogP contribution in [0.25, 0.3) is 0 Å². The van der Waals surface area contributed by atoms with Crippen LogP contribution in [0.4, 0.5) is 0 Å². The largest absolute Gasteiger partial charge is 0.330 e. The van der Waals surface area contributed by atoms with Crippen LogP contribution < -0.4 is 5.73 Å². The fraction of sp³-hybridized carbons (Fsp3) is 1.00.